The van der Waals surface area contributed by atoms with E-state index in [0.29, 0.717) is 28.7 Å². The van der Waals surface area contributed by atoms with Crippen LogP contribution in [0.3, 0.4) is 0 Å². The van der Waals surface area contributed by atoms with Gasteiger partial charge in [-0.2, -0.15) is 0 Å². The van der Waals surface area contributed by atoms with E-state index in [1.54, 1.807) is 24.5 Å². The molecular formula is C27H23N5O3. The molecule has 2 heterocycles. The molecule has 2 aromatic carbocycles. The lowest BCUT2D eigenvalue weighted by Crippen LogP contribution is -2.30. The summed E-state index contributed by atoms with van der Waals surface area (Å²) in [5.74, 6) is 10.4. The minimum atomic E-state index is -0.819. The van der Waals surface area contributed by atoms with E-state index in [1.165, 1.54) is 0 Å². The van der Waals surface area contributed by atoms with Crippen LogP contribution < -0.4 is 16.2 Å². The Bertz CT molecular complexity index is 1440. The number of nitrogen functional groups attached to an aromatic ring is 1. The largest absolute Gasteiger partial charge is 0.481 e. The van der Waals surface area contributed by atoms with Gasteiger partial charge in [0.05, 0.1) is 23.2 Å². The molecule has 0 aliphatic carbocycles. The number of hydrazine groups is 1. The lowest BCUT2D eigenvalue weighted by atomic mass is 10.0. The summed E-state index contributed by atoms with van der Waals surface area (Å²) in [6, 6.07) is 18.7. The molecule has 8 nitrogen and oxygen atoms in total. The summed E-state index contributed by atoms with van der Waals surface area (Å²) in [6.07, 6.45) is 3.31. The van der Waals surface area contributed by atoms with Crippen LogP contribution in [-0.2, 0) is 4.79 Å². The van der Waals surface area contributed by atoms with Crippen molar-refractivity contribution in [2.24, 2.45) is 5.84 Å². The number of carbonyl (C=O) groups excluding carboxylic acids is 1. The summed E-state index contributed by atoms with van der Waals surface area (Å²) in [5, 5.41) is 9.45. The number of carboxylic acid groups (broad SMARTS) is 1. The molecular weight excluding hydrogens is 442 g/mol. The summed E-state index contributed by atoms with van der Waals surface area (Å²) < 4.78 is 0. The van der Waals surface area contributed by atoms with Crippen molar-refractivity contribution in [1.29, 1.82) is 0 Å². The van der Waals surface area contributed by atoms with Crippen LogP contribution >= 0.6 is 0 Å². The number of fused-ring (bicyclic) bond motifs is 1. The van der Waals surface area contributed by atoms with Crippen molar-refractivity contribution in [3.63, 3.8) is 0 Å². The highest BCUT2D eigenvalue weighted by Crippen LogP contribution is 2.24. The highest BCUT2D eigenvalue weighted by molar-refractivity contribution is 6.06. The monoisotopic (exact) mass is 465 g/mol. The van der Waals surface area contributed by atoms with E-state index in [1.807, 2.05) is 60.5 Å². The standard InChI is InChI=1S/C27H23N5O3/c1-32(15-13-26(33)34)21-10-6-19(7-11-21)3-2-18-4-8-20(9-5-18)25-16-22(27(35)31-28)23-17-29-14-12-24(23)30-25/h4-12,14,16-17H,13,15,28H2,1H3,(H,31,35)(H,33,34). The molecule has 8 heteroatoms. The number of nitrogens with one attached hydrogen (secondary N) is 1. The number of aromatic nitrogens is 2. The van der Waals surface area contributed by atoms with E-state index in [4.69, 9.17) is 10.9 Å². The van der Waals surface area contributed by atoms with Gasteiger partial charge in [-0.1, -0.05) is 24.0 Å². The van der Waals surface area contributed by atoms with Gasteiger partial charge in [-0.05, 0) is 48.5 Å². The first-order valence-corrected chi connectivity index (χ1v) is 10.9. The smallest absolute Gasteiger partial charge is 0.305 e. The van der Waals surface area contributed by atoms with Crippen LogP contribution in [0.1, 0.15) is 27.9 Å². The third-order valence-electron chi connectivity index (χ3n) is 5.49. The van der Waals surface area contributed by atoms with Crippen LogP contribution in [0.2, 0.25) is 0 Å². The number of rotatable bonds is 6. The third-order valence-corrected chi connectivity index (χ3v) is 5.49. The number of aliphatic carboxylic acids is 1. The Morgan fingerprint density at radius 3 is 2.31 bits per heavy atom. The molecule has 4 N–H and O–H groups in total. The minimum Gasteiger partial charge on any atom is -0.481 e. The molecule has 0 fully saturated rings. The zero-order chi connectivity index (χ0) is 24.8. The lowest BCUT2D eigenvalue weighted by molar-refractivity contribution is -0.136. The van der Waals surface area contributed by atoms with Gasteiger partial charge < -0.3 is 10.0 Å². The fourth-order valence-electron chi connectivity index (χ4n) is 3.54. The molecule has 2 aromatic heterocycles. The van der Waals surface area contributed by atoms with Gasteiger partial charge in [0.25, 0.3) is 5.91 Å². The second-order valence-corrected chi connectivity index (χ2v) is 7.86. The molecule has 0 aliphatic rings. The Balaban J connectivity index is 1.52. The highest BCUT2D eigenvalue weighted by atomic mass is 16.4. The quantitative estimate of drug-likeness (QED) is 0.173. The van der Waals surface area contributed by atoms with Crippen LogP contribution in [0, 0.1) is 11.8 Å². The summed E-state index contributed by atoms with van der Waals surface area (Å²) in [5.41, 5.74) is 7.33. The maximum Gasteiger partial charge on any atom is 0.305 e. The number of nitrogens with two attached hydrogens (primary N) is 1. The van der Waals surface area contributed by atoms with Crippen molar-refractivity contribution in [3.8, 4) is 23.1 Å². The highest BCUT2D eigenvalue weighted by Gasteiger charge is 2.13. The van der Waals surface area contributed by atoms with Crippen LogP contribution in [-0.4, -0.2) is 40.5 Å². The predicted octanol–water partition coefficient (Wildman–Crippen LogP) is 3.21. The molecule has 0 spiro atoms. The van der Waals surface area contributed by atoms with Crippen molar-refractivity contribution in [3.05, 3.63) is 89.7 Å². The lowest BCUT2D eigenvalue weighted by Gasteiger charge is -2.18. The zero-order valence-electron chi connectivity index (χ0n) is 19.0. The number of pyridine rings is 2. The predicted molar refractivity (Wildman–Crippen MR) is 135 cm³/mol. The molecule has 0 unspecified atom stereocenters. The van der Waals surface area contributed by atoms with Crippen LogP contribution in [0.5, 0.6) is 0 Å². The fraction of sp³-hybridized carbons (Fsp3) is 0.111. The van der Waals surface area contributed by atoms with E-state index in [9.17, 15) is 9.59 Å². The first-order valence-electron chi connectivity index (χ1n) is 10.9. The Hall–Kier alpha value is -4.74. The maximum absolute atomic E-state index is 12.3. The van der Waals surface area contributed by atoms with Gasteiger partial charge in [0.2, 0.25) is 0 Å². The SMILES string of the molecule is CN(CCC(=O)O)c1ccc(C#Cc2ccc(-c3cc(C(=O)NN)c4cnccc4n3)cc2)cc1. The molecule has 4 rings (SSSR count). The molecule has 0 aliphatic heterocycles. The summed E-state index contributed by atoms with van der Waals surface area (Å²) in [4.78, 5) is 33.6. The van der Waals surface area contributed by atoms with Crippen molar-refractivity contribution < 1.29 is 14.7 Å². The number of nitrogens with zero attached hydrogens (tertiary/aromatic N) is 3. The summed E-state index contributed by atoms with van der Waals surface area (Å²) in [7, 11) is 1.86. The van der Waals surface area contributed by atoms with E-state index >= 15 is 0 Å². The van der Waals surface area contributed by atoms with Crippen molar-refractivity contribution in [2.45, 2.75) is 6.42 Å². The van der Waals surface area contributed by atoms with Crippen molar-refractivity contribution >= 4 is 28.5 Å². The Morgan fingerprint density at radius 1 is 1.03 bits per heavy atom. The average Bonchev–Trinajstić information content (AvgIpc) is 2.90. The first-order chi connectivity index (χ1) is 16.9. The number of benzene rings is 2. The third kappa shape index (κ3) is 5.61. The summed E-state index contributed by atoms with van der Waals surface area (Å²) >= 11 is 0. The number of amides is 1. The molecule has 0 radical (unpaired) electrons. The van der Waals surface area contributed by atoms with Crippen molar-refractivity contribution in [2.75, 3.05) is 18.5 Å². The number of carboxylic acids is 1. The molecule has 1 amide bonds. The van der Waals surface area contributed by atoms with E-state index < -0.39 is 11.9 Å². The molecule has 0 saturated heterocycles. The normalized spacial score (nSPS) is 10.3. The summed E-state index contributed by atoms with van der Waals surface area (Å²) in [6.45, 7) is 0.439. The van der Waals surface area contributed by atoms with E-state index in [0.717, 1.165) is 22.4 Å². The van der Waals surface area contributed by atoms with Gasteiger partial charge in [0.15, 0.2) is 0 Å². The van der Waals surface area contributed by atoms with Gasteiger partial charge in [0.1, 0.15) is 0 Å². The van der Waals surface area contributed by atoms with Gasteiger partial charge in [-0.25, -0.2) is 10.8 Å². The second-order valence-electron chi connectivity index (χ2n) is 7.86. The molecule has 35 heavy (non-hydrogen) atoms. The molecule has 0 atom stereocenters. The molecule has 4 aromatic rings. The van der Waals surface area contributed by atoms with Crippen molar-refractivity contribution in [1.82, 2.24) is 15.4 Å². The number of anilines is 1. The topological polar surface area (TPSA) is 121 Å². The van der Waals surface area contributed by atoms with E-state index in [2.05, 4.69) is 27.2 Å². The number of hydrogen-bond acceptors (Lipinski definition) is 6. The molecule has 174 valence electrons. The second kappa shape index (κ2) is 10.5. The fourth-order valence-corrected chi connectivity index (χ4v) is 3.54. The number of hydrogen-bond donors (Lipinski definition) is 3. The Labute approximate surface area is 202 Å². The molecule has 0 bridgehead atoms. The zero-order valence-corrected chi connectivity index (χ0v) is 19.0. The van der Waals surface area contributed by atoms with Crippen LogP contribution in [0.15, 0.2) is 73.1 Å². The Morgan fingerprint density at radius 2 is 1.69 bits per heavy atom. The van der Waals surface area contributed by atoms with Crippen LogP contribution in [0.25, 0.3) is 22.2 Å². The maximum atomic E-state index is 12.3. The average molecular weight is 466 g/mol. The van der Waals surface area contributed by atoms with Gasteiger partial charge >= 0.3 is 5.97 Å². The minimum absolute atomic E-state index is 0.0848. The van der Waals surface area contributed by atoms with Gasteiger partial charge in [-0.15, -0.1) is 0 Å². The van der Waals surface area contributed by atoms with Crippen LogP contribution in [0.4, 0.5) is 5.69 Å². The first kappa shape index (κ1) is 23.4. The van der Waals surface area contributed by atoms with Gasteiger partial charge in [-0.3, -0.25) is 20.0 Å². The Kier molecular flexibility index (Phi) is 7.00. The number of carbonyl (C=O) groups is 2. The van der Waals surface area contributed by atoms with Gasteiger partial charge in [0, 0.05) is 53.8 Å². The van der Waals surface area contributed by atoms with E-state index in [-0.39, 0.29) is 6.42 Å². The molecule has 0 saturated carbocycles.